The third-order valence-electron chi connectivity index (χ3n) is 3.55. The second kappa shape index (κ2) is 4.54. The summed E-state index contributed by atoms with van der Waals surface area (Å²) in [6.07, 6.45) is 3.48. The van der Waals surface area contributed by atoms with E-state index in [1.807, 2.05) is 6.07 Å². The summed E-state index contributed by atoms with van der Waals surface area (Å²) in [4.78, 5) is 0. The van der Waals surface area contributed by atoms with Crippen LogP contribution in [0.5, 0.6) is 0 Å². The molecule has 1 aromatic rings. The number of nitrogens with one attached hydrogen (secondary N) is 1. The van der Waals surface area contributed by atoms with Gasteiger partial charge in [-0.25, -0.2) is 4.39 Å². The first-order chi connectivity index (χ1) is 7.57. The minimum Gasteiger partial charge on any atom is -0.310 e. The van der Waals surface area contributed by atoms with Crippen molar-refractivity contribution in [3.05, 3.63) is 35.6 Å². The van der Waals surface area contributed by atoms with Crippen LogP contribution in [0.1, 0.15) is 44.7 Å². The topological polar surface area (TPSA) is 12.0 Å². The van der Waals surface area contributed by atoms with Gasteiger partial charge >= 0.3 is 0 Å². The van der Waals surface area contributed by atoms with Gasteiger partial charge in [-0.1, -0.05) is 26.0 Å². The fourth-order valence-corrected chi connectivity index (χ4v) is 2.35. The summed E-state index contributed by atoms with van der Waals surface area (Å²) < 4.78 is 13.1. The van der Waals surface area contributed by atoms with Crippen LogP contribution < -0.4 is 5.32 Å². The van der Waals surface area contributed by atoms with E-state index in [0.717, 1.165) is 18.5 Å². The molecule has 1 heterocycles. The van der Waals surface area contributed by atoms with Crippen LogP contribution in [0.15, 0.2) is 24.3 Å². The number of hydrogen-bond donors (Lipinski definition) is 1. The van der Waals surface area contributed by atoms with E-state index in [1.165, 1.54) is 18.9 Å². The van der Waals surface area contributed by atoms with Gasteiger partial charge in [0.1, 0.15) is 5.82 Å². The Labute approximate surface area is 97.1 Å². The van der Waals surface area contributed by atoms with E-state index in [-0.39, 0.29) is 5.82 Å². The Bertz CT molecular complexity index is 360. The van der Waals surface area contributed by atoms with Crippen molar-refractivity contribution in [3.8, 4) is 0 Å². The molecule has 0 bridgehead atoms. The SMILES string of the molecule is CC1(C)CCN[C@H](c2cccc(F)c2)CC1. The van der Waals surface area contributed by atoms with Gasteiger partial charge in [0.2, 0.25) is 0 Å². The summed E-state index contributed by atoms with van der Waals surface area (Å²) in [6.45, 7) is 5.64. The molecule has 16 heavy (non-hydrogen) atoms. The fraction of sp³-hybridized carbons (Fsp3) is 0.571. The maximum atomic E-state index is 13.1. The minimum atomic E-state index is -0.136. The molecule has 2 rings (SSSR count). The molecule has 0 aliphatic carbocycles. The fourth-order valence-electron chi connectivity index (χ4n) is 2.35. The molecular weight excluding hydrogens is 201 g/mol. The molecule has 0 spiro atoms. The highest BCUT2D eigenvalue weighted by atomic mass is 19.1. The van der Waals surface area contributed by atoms with E-state index in [1.54, 1.807) is 12.1 Å². The van der Waals surface area contributed by atoms with Gasteiger partial charge < -0.3 is 5.32 Å². The van der Waals surface area contributed by atoms with Gasteiger partial charge in [0.05, 0.1) is 0 Å². The van der Waals surface area contributed by atoms with E-state index in [9.17, 15) is 4.39 Å². The van der Waals surface area contributed by atoms with Crippen LogP contribution in [0, 0.1) is 11.2 Å². The maximum absolute atomic E-state index is 13.1. The molecule has 1 aromatic carbocycles. The quantitative estimate of drug-likeness (QED) is 0.763. The Balaban J connectivity index is 2.11. The van der Waals surface area contributed by atoms with Gasteiger partial charge in [-0.05, 0) is 48.9 Å². The Kier molecular flexibility index (Phi) is 3.29. The summed E-state index contributed by atoms with van der Waals surface area (Å²) in [5.74, 6) is -0.136. The molecule has 0 aromatic heterocycles. The molecule has 0 amide bonds. The molecule has 1 nitrogen and oxygen atoms in total. The first-order valence-electron chi connectivity index (χ1n) is 6.06. The molecule has 1 aliphatic rings. The minimum absolute atomic E-state index is 0.136. The maximum Gasteiger partial charge on any atom is 0.123 e. The summed E-state index contributed by atoms with van der Waals surface area (Å²) in [5, 5.41) is 3.51. The zero-order valence-electron chi connectivity index (χ0n) is 10.1. The Morgan fingerprint density at radius 2 is 2.12 bits per heavy atom. The lowest BCUT2D eigenvalue weighted by molar-refractivity contribution is 0.320. The molecule has 0 unspecified atom stereocenters. The number of benzene rings is 1. The average molecular weight is 221 g/mol. The Morgan fingerprint density at radius 3 is 2.88 bits per heavy atom. The first-order valence-corrected chi connectivity index (χ1v) is 6.06. The molecule has 1 saturated heterocycles. The van der Waals surface area contributed by atoms with Crippen molar-refractivity contribution in [2.24, 2.45) is 5.41 Å². The third kappa shape index (κ3) is 2.82. The lowest BCUT2D eigenvalue weighted by Gasteiger charge is -2.21. The number of hydrogen-bond acceptors (Lipinski definition) is 1. The Hall–Kier alpha value is -0.890. The molecular formula is C14H20FN. The zero-order chi connectivity index (χ0) is 11.6. The normalized spacial score (nSPS) is 25.1. The molecule has 0 saturated carbocycles. The van der Waals surface area contributed by atoms with Gasteiger partial charge in [-0.15, -0.1) is 0 Å². The van der Waals surface area contributed by atoms with Crippen molar-refractivity contribution in [1.82, 2.24) is 5.32 Å². The molecule has 1 fully saturated rings. The van der Waals surface area contributed by atoms with Gasteiger partial charge in [0.15, 0.2) is 0 Å². The predicted molar refractivity (Wildman–Crippen MR) is 64.8 cm³/mol. The van der Waals surface area contributed by atoms with Crippen molar-refractivity contribution in [2.75, 3.05) is 6.54 Å². The van der Waals surface area contributed by atoms with Crippen LogP contribution in [0.4, 0.5) is 4.39 Å². The van der Waals surface area contributed by atoms with Gasteiger partial charge in [0, 0.05) is 6.04 Å². The second-order valence-corrected chi connectivity index (χ2v) is 5.51. The van der Waals surface area contributed by atoms with Crippen LogP contribution in [-0.2, 0) is 0 Å². The largest absolute Gasteiger partial charge is 0.310 e. The lowest BCUT2D eigenvalue weighted by atomic mass is 9.84. The van der Waals surface area contributed by atoms with Gasteiger partial charge in [0.25, 0.3) is 0 Å². The first kappa shape index (κ1) is 11.6. The van der Waals surface area contributed by atoms with Crippen LogP contribution in [0.2, 0.25) is 0 Å². The number of rotatable bonds is 1. The van der Waals surface area contributed by atoms with E-state index < -0.39 is 0 Å². The highest BCUT2D eigenvalue weighted by Crippen LogP contribution is 2.33. The predicted octanol–water partition coefficient (Wildman–Crippen LogP) is 3.67. The third-order valence-corrected chi connectivity index (χ3v) is 3.55. The van der Waals surface area contributed by atoms with Crippen LogP contribution in [-0.4, -0.2) is 6.54 Å². The van der Waals surface area contributed by atoms with Crippen LogP contribution in [0.3, 0.4) is 0 Å². The van der Waals surface area contributed by atoms with Crippen molar-refractivity contribution < 1.29 is 4.39 Å². The van der Waals surface area contributed by atoms with Crippen LogP contribution in [0.25, 0.3) is 0 Å². The lowest BCUT2D eigenvalue weighted by Crippen LogP contribution is -2.21. The van der Waals surface area contributed by atoms with Crippen molar-refractivity contribution in [1.29, 1.82) is 0 Å². The van der Waals surface area contributed by atoms with Gasteiger partial charge in [-0.3, -0.25) is 0 Å². The van der Waals surface area contributed by atoms with E-state index in [4.69, 9.17) is 0 Å². The molecule has 0 radical (unpaired) electrons. The van der Waals surface area contributed by atoms with Gasteiger partial charge in [-0.2, -0.15) is 0 Å². The second-order valence-electron chi connectivity index (χ2n) is 5.51. The smallest absolute Gasteiger partial charge is 0.123 e. The molecule has 2 heteroatoms. The monoisotopic (exact) mass is 221 g/mol. The molecule has 88 valence electrons. The molecule has 1 atom stereocenters. The summed E-state index contributed by atoms with van der Waals surface area (Å²) in [6, 6.07) is 7.28. The zero-order valence-corrected chi connectivity index (χ0v) is 10.1. The van der Waals surface area contributed by atoms with Crippen molar-refractivity contribution >= 4 is 0 Å². The van der Waals surface area contributed by atoms with Crippen LogP contribution >= 0.6 is 0 Å². The average Bonchev–Trinajstić information content (AvgIpc) is 2.39. The van der Waals surface area contributed by atoms with Crippen molar-refractivity contribution in [3.63, 3.8) is 0 Å². The highest BCUT2D eigenvalue weighted by Gasteiger charge is 2.24. The Morgan fingerprint density at radius 1 is 1.31 bits per heavy atom. The molecule has 1 aliphatic heterocycles. The summed E-state index contributed by atoms with van der Waals surface area (Å²) in [7, 11) is 0. The number of halogens is 1. The van der Waals surface area contributed by atoms with Crippen molar-refractivity contribution in [2.45, 2.75) is 39.2 Å². The van der Waals surface area contributed by atoms with E-state index >= 15 is 0 Å². The van der Waals surface area contributed by atoms with E-state index in [2.05, 4.69) is 19.2 Å². The molecule has 1 N–H and O–H groups in total. The summed E-state index contributed by atoms with van der Waals surface area (Å²) >= 11 is 0. The van der Waals surface area contributed by atoms with E-state index in [0.29, 0.717) is 11.5 Å². The summed E-state index contributed by atoms with van der Waals surface area (Å²) in [5.41, 5.74) is 1.49. The highest BCUT2D eigenvalue weighted by molar-refractivity contribution is 5.20. The standard InChI is InChI=1S/C14H20FN/c1-14(2)7-6-13(16-9-8-14)11-4-3-5-12(15)10-11/h3-5,10,13,16H,6-9H2,1-2H3/t13-/m0/s1.